The number of hydrogen-bond donors (Lipinski definition) is 4. The number of rotatable bonds is 2. The Bertz CT molecular complexity index is 289. The smallest absolute Gasteiger partial charge is 1.00 e. The third-order valence-corrected chi connectivity index (χ3v) is 3.85. The Kier molecular flexibility index (Phi) is 31.2. The zero-order chi connectivity index (χ0) is 14.8. The zero-order valence-electron chi connectivity index (χ0n) is 14.3. The molecule has 0 atom stereocenters. The topological polar surface area (TPSA) is 174 Å². The molecule has 8 nitrogen and oxygen atoms in total. The van der Waals surface area contributed by atoms with Crippen molar-refractivity contribution in [1.82, 2.24) is 22.9 Å². The first-order valence-corrected chi connectivity index (χ1v) is 7.53. The average molecular weight is 584 g/mol. The van der Waals surface area contributed by atoms with E-state index in [1.54, 1.807) is 0 Å². The van der Waals surface area contributed by atoms with Crippen LogP contribution in [0.5, 0.6) is 0 Å². The van der Waals surface area contributed by atoms with E-state index in [1.807, 2.05) is 0 Å². The van der Waals surface area contributed by atoms with Gasteiger partial charge in [-0.1, -0.05) is 38.5 Å². The van der Waals surface area contributed by atoms with Gasteiger partial charge in [-0.15, -0.1) is 0 Å². The summed E-state index contributed by atoms with van der Waals surface area (Å²) in [6.45, 7) is 0. The van der Waals surface area contributed by atoms with Gasteiger partial charge in [0.2, 0.25) is 0 Å². The molecule has 25 heavy (non-hydrogen) atoms. The van der Waals surface area contributed by atoms with Crippen LogP contribution in [0.25, 0.3) is 0 Å². The van der Waals surface area contributed by atoms with Crippen LogP contribution in [0.15, 0.2) is 0 Å². The van der Waals surface area contributed by atoms with Crippen molar-refractivity contribution in [3.05, 3.63) is 0 Å². The van der Waals surface area contributed by atoms with Crippen LogP contribution in [0.3, 0.4) is 0 Å². The fourth-order valence-corrected chi connectivity index (χ4v) is 2.83. The van der Waals surface area contributed by atoms with Gasteiger partial charge in [0.1, 0.15) is 12.2 Å². The van der Waals surface area contributed by atoms with Crippen LogP contribution < -0.4 is 58.0 Å². The quantitative estimate of drug-likeness (QED) is 0.253. The summed E-state index contributed by atoms with van der Waals surface area (Å²) >= 11 is 0. The Morgan fingerprint density at radius 2 is 0.880 bits per heavy atom. The van der Waals surface area contributed by atoms with E-state index in [4.69, 9.17) is 0 Å². The van der Waals surface area contributed by atoms with E-state index in [-0.39, 0.29) is 70.3 Å². The number of amides is 2. The van der Waals surface area contributed by atoms with Gasteiger partial charge in [0, 0.05) is 12.1 Å². The van der Waals surface area contributed by atoms with E-state index in [2.05, 4.69) is 10.6 Å². The molecule has 2 aliphatic rings. The van der Waals surface area contributed by atoms with Gasteiger partial charge < -0.3 is 67.6 Å². The normalized spacial score (nSPS) is 16.3. The molecule has 0 radical (unpaired) electrons. The standard InChI is InChI=1S/2C7H13NO2.2ClH.2H3N.Pt/c2*9-7(10)8-6-4-2-1-3-5-6;;;;;/h2*6,8H,1-5H2,(H,9,10);2*1H;2*1H3;/q;;;;;;+4/p-4. The third kappa shape index (κ3) is 19.9. The van der Waals surface area contributed by atoms with Gasteiger partial charge in [0.15, 0.2) is 0 Å². The summed E-state index contributed by atoms with van der Waals surface area (Å²) in [6, 6.07) is 0.331. The van der Waals surface area contributed by atoms with Crippen molar-refractivity contribution in [2.75, 3.05) is 0 Å². The number of carbonyl (C=O) groups is 2. The molecule has 11 heteroatoms. The van der Waals surface area contributed by atoms with E-state index in [1.165, 1.54) is 12.8 Å². The second-order valence-electron chi connectivity index (χ2n) is 5.53. The molecule has 2 amide bonds. The maximum atomic E-state index is 10.0. The van der Waals surface area contributed by atoms with Crippen molar-refractivity contribution < 1.29 is 65.7 Å². The van der Waals surface area contributed by atoms with Crippen molar-refractivity contribution in [1.29, 1.82) is 0 Å². The van der Waals surface area contributed by atoms with Crippen LogP contribution in [0.2, 0.25) is 0 Å². The summed E-state index contributed by atoms with van der Waals surface area (Å²) in [6.07, 6.45) is 8.71. The molecule has 0 bridgehead atoms. The summed E-state index contributed by atoms with van der Waals surface area (Å²) in [5.41, 5.74) is 0. The summed E-state index contributed by atoms with van der Waals surface area (Å²) in [7, 11) is 0. The van der Waals surface area contributed by atoms with Crippen LogP contribution in [0, 0.1) is 0 Å². The van der Waals surface area contributed by atoms with E-state index in [0.717, 1.165) is 51.4 Å². The Morgan fingerprint density at radius 1 is 0.640 bits per heavy atom. The van der Waals surface area contributed by atoms with Crippen molar-refractivity contribution in [3.63, 3.8) is 0 Å². The summed E-state index contributed by atoms with van der Waals surface area (Å²) < 4.78 is 0. The molecule has 0 aromatic carbocycles. The van der Waals surface area contributed by atoms with Crippen molar-refractivity contribution in [2.24, 2.45) is 0 Å². The van der Waals surface area contributed by atoms with Crippen LogP contribution >= 0.6 is 0 Å². The molecule has 2 fully saturated rings. The van der Waals surface area contributed by atoms with E-state index >= 15 is 0 Å². The Hall–Kier alpha value is -0.272. The fourth-order valence-electron chi connectivity index (χ4n) is 2.83. The monoisotopic (exact) mass is 583 g/mol. The Balaban J connectivity index is -0.0000000889. The molecule has 0 heterocycles. The molecule has 0 saturated heterocycles. The van der Waals surface area contributed by atoms with E-state index in [0.29, 0.717) is 0 Å². The van der Waals surface area contributed by atoms with Crippen LogP contribution in [-0.4, -0.2) is 24.3 Å². The van der Waals surface area contributed by atoms with E-state index < -0.39 is 12.2 Å². The summed E-state index contributed by atoms with van der Waals surface area (Å²) in [5, 5.41) is 24.9. The molecule has 0 aromatic heterocycles. The Morgan fingerprint density at radius 3 is 1.08 bits per heavy atom. The third-order valence-electron chi connectivity index (χ3n) is 3.85. The average Bonchev–Trinajstić information content (AvgIpc) is 2.40. The molecule has 154 valence electrons. The molecular formula is C14H30Cl2N4O4Pt. The maximum Gasteiger partial charge on any atom is 4.00 e. The first-order valence-electron chi connectivity index (χ1n) is 7.53. The molecule has 0 aliphatic heterocycles. The predicted molar refractivity (Wildman–Crippen MR) is 80.9 cm³/mol. The van der Waals surface area contributed by atoms with Crippen molar-refractivity contribution in [2.45, 2.75) is 76.3 Å². The molecule has 2 rings (SSSR count). The minimum absolute atomic E-state index is 0. The largest absolute Gasteiger partial charge is 4.00 e. The first kappa shape index (κ1) is 35.8. The van der Waals surface area contributed by atoms with Crippen molar-refractivity contribution >= 4 is 12.2 Å². The fraction of sp³-hybridized carbons (Fsp3) is 0.857. The van der Waals surface area contributed by atoms with Gasteiger partial charge in [-0.05, 0) is 25.7 Å². The molecule has 2 aliphatic carbocycles. The molecule has 0 aromatic rings. The second-order valence-corrected chi connectivity index (χ2v) is 5.53. The van der Waals surface area contributed by atoms with Crippen LogP contribution in [0.4, 0.5) is 9.59 Å². The summed E-state index contributed by atoms with van der Waals surface area (Å²) in [5.74, 6) is 0. The minimum Gasteiger partial charge on any atom is -1.00 e. The predicted octanol–water partition coefficient (Wildman–Crippen LogP) is -5.17. The minimum atomic E-state index is -1.13. The van der Waals surface area contributed by atoms with Crippen molar-refractivity contribution in [3.8, 4) is 0 Å². The Labute approximate surface area is 176 Å². The zero-order valence-corrected chi connectivity index (χ0v) is 18.1. The number of hydrogen-bond acceptors (Lipinski definition) is 6. The summed E-state index contributed by atoms with van der Waals surface area (Å²) in [4.78, 5) is 20.1. The SMILES string of the molecule is N.N.O=C([O-])NC1CCCCC1.O=C([O-])NC1CCCCC1.[Cl-].[Cl-].[Pt+4]. The van der Waals surface area contributed by atoms with Gasteiger partial charge >= 0.3 is 21.1 Å². The number of halogens is 2. The van der Waals surface area contributed by atoms with Gasteiger partial charge in [-0.25, -0.2) is 0 Å². The molecule has 0 spiro atoms. The number of carbonyl (C=O) groups excluding carboxylic acids is 2. The molecule has 8 N–H and O–H groups in total. The van der Waals surface area contributed by atoms with Gasteiger partial charge in [-0.3, -0.25) is 0 Å². The first-order chi connectivity index (χ1) is 9.58. The van der Waals surface area contributed by atoms with Crippen LogP contribution in [0.1, 0.15) is 64.2 Å². The molecule has 2 saturated carbocycles. The second kappa shape index (κ2) is 21.8. The molecule has 0 unspecified atom stereocenters. The van der Waals surface area contributed by atoms with Crippen LogP contribution in [-0.2, 0) is 21.1 Å². The van der Waals surface area contributed by atoms with Gasteiger partial charge in [0.25, 0.3) is 0 Å². The van der Waals surface area contributed by atoms with Gasteiger partial charge in [-0.2, -0.15) is 0 Å². The van der Waals surface area contributed by atoms with Gasteiger partial charge in [0.05, 0.1) is 0 Å². The number of nitrogens with one attached hydrogen (secondary N) is 2. The van der Waals surface area contributed by atoms with E-state index in [9.17, 15) is 19.8 Å². The number of carboxylic acid groups (broad SMARTS) is 2. The molecular weight excluding hydrogens is 554 g/mol. The maximum absolute atomic E-state index is 10.0.